The first kappa shape index (κ1) is 25.4. The van der Waals surface area contributed by atoms with Crippen molar-refractivity contribution in [3.05, 3.63) is 67.0 Å². The summed E-state index contributed by atoms with van der Waals surface area (Å²) in [6.45, 7) is 0.342. The largest absolute Gasteiger partial charge is 0.382 e. The number of fused-ring (bicyclic) bond motifs is 3. The molecule has 0 amide bonds. The number of rotatable bonds is 6. The highest BCUT2D eigenvalue weighted by molar-refractivity contribution is 9.10. The van der Waals surface area contributed by atoms with Crippen molar-refractivity contribution in [3.8, 4) is 11.3 Å². The summed E-state index contributed by atoms with van der Waals surface area (Å²) >= 11 is 17.8. The van der Waals surface area contributed by atoms with Crippen LogP contribution < -0.4 is 0 Å². The lowest BCUT2D eigenvalue weighted by Crippen LogP contribution is -2.44. The van der Waals surface area contributed by atoms with Crippen LogP contribution in [0.5, 0.6) is 0 Å². The number of hydrogen-bond acceptors (Lipinski definition) is 6. The van der Waals surface area contributed by atoms with Crippen molar-refractivity contribution < 1.29 is 18.8 Å². The van der Waals surface area contributed by atoms with E-state index in [2.05, 4.69) is 26.1 Å². The van der Waals surface area contributed by atoms with Crippen molar-refractivity contribution in [3.63, 3.8) is 0 Å². The minimum atomic E-state index is -1.06. The highest BCUT2D eigenvalue weighted by Gasteiger charge is 2.56. The van der Waals surface area contributed by atoms with E-state index in [1.165, 1.54) is 17.4 Å². The van der Waals surface area contributed by atoms with Gasteiger partial charge in [-0.25, -0.2) is 9.37 Å². The second-order valence-corrected chi connectivity index (χ2v) is 13.5. The van der Waals surface area contributed by atoms with Gasteiger partial charge in [0, 0.05) is 21.5 Å². The van der Waals surface area contributed by atoms with Gasteiger partial charge in [-0.05, 0) is 74.6 Å². The average molecular weight is 638 g/mol. The van der Waals surface area contributed by atoms with Crippen LogP contribution in [0.4, 0.5) is 4.39 Å². The Hall–Kier alpha value is -1.55. The van der Waals surface area contributed by atoms with Crippen molar-refractivity contribution in [1.82, 2.24) is 10.1 Å². The minimum Gasteiger partial charge on any atom is -0.382 e. The number of benzene rings is 2. The third-order valence-electron chi connectivity index (χ3n) is 8.39. The lowest BCUT2D eigenvalue weighted by Gasteiger charge is -2.41. The van der Waals surface area contributed by atoms with E-state index in [4.69, 9.17) is 32.5 Å². The molecule has 5 nitrogen and oxygen atoms in total. The molecule has 3 aliphatic rings. The molecule has 4 aromatic rings. The van der Waals surface area contributed by atoms with Gasteiger partial charge in [-0.1, -0.05) is 50.4 Å². The molecule has 0 unspecified atom stereocenters. The van der Waals surface area contributed by atoms with Crippen LogP contribution in [0.25, 0.3) is 21.5 Å². The quantitative estimate of drug-likeness (QED) is 0.229. The van der Waals surface area contributed by atoms with Crippen LogP contribution in [0.15, 0.2) is 39.3 Å². The number of thiazole rings is 1. The topological polar surface area (TPSA) is 68.4 Å². The zero-order chi connectivity index (χ0) is 26.2. The Morgan fingerprint density at radius 3 is 2.53 bits per heavy atom. The molecule has 3 saturated carbocycles. The van der Waals surface area contributed by atoms with Gasteiger partial charge < -0.3 is 14.4 Å². The van der Waals surface area contributed by atoms with Crippen molar-refractivity contribution in [2.24, 2.45) is 11.8 Å². The maximum atomic E-state index is 14.5. The van der Waals surface area contributed by atoms with Gasteiger partial charge in [0.05, 0.1) is 27.5 Å². The maximum Gasteiger partial charge on any atom is 0.151 e. The molecule has 7 rings (SSSR count). The van der Waals surface area contributed by atoms with Crippen LogP contribution >= 0.6 is 50.5 Å². The highest BCUT2D eigenvalue weighted by Crippen LogP contribution is 2.57. The SMILES string of the molecule is O[C@@]1(c2nc3c(F)cc(Br)cc3s2)[C@@H]2CC[C@H]1C[C@H](OCc1c(-c3c(Cl)cccc3Cl)noc1C1CC1)C2. The third kappa shape index (κ3) is 4.14. The molecule has 0 spiro atoms. The molecule has 3 aliphatic carbocycles. The van der Waals surface area contributed by atoms with Gasteiger partial charge in [-0.2, -0.15) is 0 Å². The fourth-order valence-electron chi connectivity index (χ4n) is 6.36. The molecule has 0 radical (unpaired) electrons. The summed E-state index contributed by atoms with van der Waals surface area (Å²) in [6.07, 6.45) is 5.32. The van der Waals surface area contributed by atoms with Gasteiger partial charge in [0.25, 0.3) is 0 Å². The Labute approximate surface area is 241 Å². The Balaban J connectivity index is 1.14. The molecule has 0 aliphatic heterocycles. The van der Waals surface area contributed by atoms with Crippen molar-refractivity contribution in [1.29, 1.82) is 0 Å². The van der Waals surface area contributed by atoms with Gasteiger partial charge in [-0.3, -0.25) is 0 Å². The Bertz CT molecular complexity index is 1520. The Kier molecular flexibility index (Phi) is 6.37. The van der Waals surface area contributed by atoms with Crippen LogP contribution in [0.1, 0.15) is 60.8 Å². The first-order valence-electron chi connectivity index (χ1n) is 12.9. The molecule has 2 aromatic carbocycles. The number of ether oxygens (including phenoxy) is 1. The van der Waals surface area contributed by atoms with E-state index in [-0.39, 0.29) is 23.8 Å². The number of hydrogen-bond donors (Lipinski definition) is 1. The fraction of sp³-hybridized carbons (Fsp3) is 0.429. The molecular formula is C28H24BrCl2FN2O3S. The summed E-state index contributed by atoms with van der Waals surface area (Å²) in [6, 6.07) is 8.68. The van der Waals surface area contributed by atoms with Gasteiger partial charge in [0.1, 0.15) is 27.6 Å². The zero-order valence-corrected chi connectivity index (χ0v) is 24.1. The zero-order valence-electron chi connectivity index (χ0n) is 20.2. The van der Waals surface area contributed by atoms with Gasteiger partial charge in [-0.15, -0.1) is 11.3 Å². The fourth-order valence-corrected chi connectivity index (χ4v) is 8.79. The van der Waals surface area contributed by atoms with Gasteiger partial charge in [0.15, 0.2) is 5.82 Å². The Morgan fingerprint density at radius 2 is 1.84 bits per heavy atom. The predicted octanol–water partition coefficient (Wildman–Crippen LogP) is 8.63. The summed E-state index contributed by atoms with van der Waals surface area (Å²) in [7, 11) is 0. The molecule has 4 atom stereocenters. The van der Waals surface area contributed by atoms with Crippen molar-refractivity contribution >= 4 is 60.7 Å². The number of halogens is 4. The van der Waals surface area contributed by atoms with E-state index in [1.807, 2.05) is 12.1 Å². The van der Waals surface area contributed by atoms with Crippen LogP contribution in [0.2, 0.25) is 10.0 Å². The van der Waals surface area contributed by atoms with Gasteiger partial charge in [0.2, 0.25) is 0 Å². The molecule has 2 bridgehead atoms. The van der Waals surface area contributed by atoms with Crippen molar-refractivity contribution in [2.45, 2.75) is 62.8 Å². The summed E-state index contributed by atoms with van der Waals surface area (Å²) in [5.41, 5.74) is 1.47. The molecule has 1 N–H and O–H groups in total. The van der Waals surface area contributed by atoms with Crippen LogP contribution in [-0.2, 0) is 16.9 Å². The van der Waals surface area contributed by atoms with E-state index in [0.717, 1.165) is 41.7 Å². The summed E-state index contributed by atoms with van der Waals surface area (Å²) in [5, 5.41) is 18.0. The molecule has 38 heavy (non-hydrogen) atoms. The average Bonchev–Trinajstić information content (AvgIpc) is 3.46. The van der Waals surface area contributed by atoms with E-state index < -0.39 is 5.60 Å². The Morgan fingerprint density at radius 1 is 1.13 bits per heavy atom. The molecule has 3 fully saturated rings. The molecule has 2 heterocycles. The summed E-state index contributed by atoms with van der Waals surface area (Å²) in [5.74, 6) is 0.832. The predicted molar refractivity (Wildman–Crippen MR) is 149 cm³/mol. The van der Waals surface area contributed by atoms with Gasteiger partial charge >= 0.3 is 0 Å². The monoisotopic (exact) mass is 636 g/mol. The van der Waals surface area contributed by atoms with E-state index in [9.17, 15) is 9.50 Å². The first-order chi connectivity index (χ1) is 18.3. The maximum absolute atomic E-state index is 14.5. The number of nitrogens with zero attached hydrogens (tertiary/aromatic N) is 2. The molecule has 198 valence electrons. The molecule has 0 saturated heterocycles. The molecular weight excluding hydrogens is 614 g/mol. The molecule has 2 aromatic heterocycles. The summed E-state index contributed by atoms with van der Waals surface area (Å²) in [4.78, 5) is 4.59. The van der Waals surface area contributed by atoms with Crippen LogP contribution in [0, 0.1) is 17.7 Å². The number of aliphatic hydroxyl groups is 1. The second-order valence-electron chi connectivity index (χ2n) is 10.7. The van der Waals surface area contributed by atoms with Crippen molar-refractivity contribution in [2.75, 3.05) is 0 Å². The normalized spacial score (nSPS) is 26.9. The highest BCUT2D eigenvalue weighted by atomic mass is 79.9. The third-order valence-corrected chi connectivity index (χ3v) is 10.6. The second kappa shape index (κ2) is 9.53. The van der Waals surface area contributed by atoms with E-state index in [1.54, 1.807) is 12.1 Å². The first-order valence-corrected chi connectivity index (χ1v) is 15.2. The van der Waals surface area contributed by atoms with E-state index >= 15 is 0 Å². The van der Waals surface area contributed by atoms with E-state index in [0.29, 0.717) is 61.7 Å². The van der Waals surface area contributed by atoms with Crippen LogP contribution in [0.3, 0.4) is 0 Å². The standard InChI is InChI=1S/C28H24BrCl2FN2O3S/c29-16-10-21(32)25-22(11-16)38-27(33-25)28(35)14-6-7-15(28)9-17(8-14)36-12-18-24(34-37-26(18)13-4-5-13)23-19(30)2-1-3-20(23)31/h1-3,10-11,13-15,17,35H,4-9,12H2/t14-,15+,17-,28+. The lowest BCUT2D eigenvalue weighted by atomic mass is 9.73. The van der Waals surface area contributed by atoms with Crippen LogP contribution in [-0.4, -0.2) is 21.4 Å². The number of aromatic nitrogens is 2. The lowest BCUT2D eigenvalue weighted by molar-refractivity contribution is -0.116. The molecule has 10 heteroatoms. The smallest absolute Gasteiger partial charge is 0.151 e. The summed E-state index contributed by atoms with van der Waals surface area (Å²) < 4.78 is 28.2. The minimum absolute atomic E-state index is 0.00109.